The molecule has 0 saturated heterocycles. The van der Waals surface area contributed by atoms with Crippen molar-refractivity contribution in [3.63, 3.8) is 0 Å². The fourth-order valence-electron chi connectivity index (χ4n) is 3.33. The lowest BCUT2D eigenvalue weighted by Gasteiger charge is -2.17. The Hall–Kier alpha value is -1.96. The van der Waals surface area contributed by atoms with Gasteiger partial charge in [0.05, 0.1) is 17.8 Å². The summed E-state index contributed by atoms with van der Waals surface area (Å²) in [5.41, 5.74) is 7.91. The van der Waals surface area contributed by atoms with Crippen molar-refractivity contribution in [2.75, 3.05) is 6.61 Å². The van der Waals surface area contributed by atoms with Crippen molar-refractivity contribution in [1.82, 2.24) is 15.1 Å². The van der Waals surface area contributed by atoms with E-state index in [-0.39, 0.29) is 12.4 Å². The van der Waals surface area contributed by atoms with Gasteiger partial charge in [-0.05, 0) is 51.0 Å². The van der Waals surface area contributed by atoms with Crippen LogP contribution >= 0.6 is 23.7 Å². The van der Waals surface area contributed by atoms with Crippen LogP contribution in [0.3, 0.4) is 0 Å². The van der Waals surface area contributed by atoms with Crippen LogP contribution in [0.4, 0.5) is 0 Å². The van der Waals surface area contributed by atoms with Crippen molar-refractivity contribution in [1.29, 1.82) is 0 Å². The Morgan fingerprint density at radius 1 is 1.19 bits per heavy atom. The quantitative estimate of drug-likeness (QED) is 0.659. The minimum absolute atomic E-state index is 0. The van der Waals surface area contributed by atoms with Gasteiger partial charge in [0.25, 0.3) is 5.89 Å². The molecule has 0 radical (unpaired) electrons. The van der Waals surface area contributed by atoms with Crippen LogP contribution in [0.15, 0.2) is 28.8 Å². The zero-order valence-electron chi connectivity index (χ0n) is 15.4. The molecule has 27 heavy (non-hydrogen) atoms. The van der Waals surface area contributed by atoms with Crippen molar-refractivity contribution in [3.05, 3.63) is 35.8 Å². The fraction of sp³-hybridized carbons (Fsp3) is 0.421. The van der Waals surface area contributed by atoms with E-state index in [1.54, 1.807) is 11.3 Å². The molecular weight excluding hydrogens is 384 g/mol. The number of ether oxygens (including phenoxy) is 1. The first-order valence-electron chi connectivity index (χ1n) is 8.93. The molecule has 0 aliphatic heterocycles. The van der Waals surface area contributed by atoms with E-state index in [4.69, 9.17) is 15.0 Å². The molecule has 144 valence electrons. The molecule has 1 saturated carbocycles. The number of nitrogens with zero attached hydrogens (tertiary/aromatic N) is 3. The SMILES string of the molecule is CCOc1ccc(-c2nc(C)c(-c3nc(C4(N)CCCC4)no3)s2)cc1.Cl. The Morgan fingerprint density at radius 3 is 2.56 bits per heavy atom. The van der Waals surface area contributed by atoms with Crippen molar-refractivity contribution in [3.8, 4) is 27.1 Å². The zero-order valence-corrected chi connectivity index (χ0v) is 17.0. The highest BCUT2D eigenvalue weighted by molar-refractivity contribution is 7.18. The minimum Gasteiger partial charge on any atom is -0.494 e. The number of aromatic nitrogens is 3. The van der Waals surface area contributed by atoms with Gasteiger partial charge in [-0.1, -0.05) is 18.0 Å². The van der Waals surface area contributed by atoms with E-state index in [0.717, 1.165) is 52.6 Å². The van der Waals surface area contributed by atoms with E-state index >= 15 is 0 Å². The summed E-state index contributed by atoms with van der Waals surface area (Å²) < 4.78 is 11.0. The summed E-state index contributed by atoms with van der Waals surface area (Å²) in [6, 6.07) is 7.94. The Bertz CT molecular complexity index is 901. The highest BCUT2D eigenvalue weighted by Gasteiger charge is 2.36. The van der Waals surface area contributed by atoms with E-state index in [2.05, 4.69) is 15.1 Å². The molecule has 3 aromatic rings. The van der Waals surface area contributed by atoms with Gasteiger partial charge in [0, 0.05) is 5.56 Å². The summed E-state index contributed by atoms with van der Waals surface area (Å²) >= 11 is 1.55. The lowest BCUT2D eigenvalue weighted by atomic mass is 9.99. The van der Waals surface area contributed by atoms with Crippen LogP contribution in [0.2, 0.25) is 0 Å². The van der Waals surface area contributed by atoms with E-state index in [1.807, 2.05) is 38.1 Å². The molecule has 0 bridgehead atoms. The van der Waals surface area contributed by atoms with Crippen LogP contribution in [-0.2, 0) is 5.54 Å². The van der Waals surface area contributed by atoms with Crippen LogP contribution in [-0.4, -0.2) is 21.7 Å². The first-order valence-corrected chi connectivity index (χ1v) is 9.75. The van der Waals surface area contributed by atoms with Gasteiger partial charge in [0.2, 0.25) is 0 Å². The molecule has 1 aromatic carbocycles. The van der Waals surface area contributed by atoms with E-state index in [9.17, 15) is 0 Å². The number of aryl methyl sites for hydroxylation is 1. The summed E-state index contributed by atoms with van der Waals surface area (Å²) in [7, 11) is 0. The molecule has 2 aromatic heterocycles. The van der Waals surface area contributed by atoms with Crippen molar-refractivity contribution in [2.24, 2.45) is 5.73 Å². The Morgan fingerprint density at radius 2 is 1.89 bits per heavy atom. The topological polar surface area (TPSA) is 87.1 Å². The lowest BCUT2D eigenvalue weighted by Crippen LogP contribution is -2.34. The zero-order chi connectivity index (χ0) is 18.1. The predicted molar refractivity (Wildman–Crippen MR) is 108 cm³/mol. The number of thiazole rings is 1. The monoisotopic (exact) mass is 406 g/mol. The maximum absolute atomic E-state index is 6.44. The highest BCUT2D eigenvalue weighted by atomic mass is 35.5. The summed E-state index contributed by atoms with van der Waals surface area (Å²) in [6.07, 6.45) is 4.04. The molecule has 0 amide bonds. The van der Waals surface area contributed by atoms with Crippen molar-refractivity contribution < 1.29 is 9.26 Å². The standard InChI is InChI=1S/C19H22N4O2S.ClH/c1-3-24-14-8-6-13(7-9-14)17-21-12(2)15(26-17)16-22-18(23-25-16)19(20)10-4-5-11-19;/h6-9H,3-5,10-11,20H2,1-2H3;1H. The van der Waals surface area contributed by atoms with Gasteiger partial charge in [0.15, 0.2) is 5.82 Å². The number of benzene rings is 1. The van der Waals surface area contributed by atoms with Crippen LogP contribution < -0.4 is 10.5 Å². The Balaban J connectivity index is 0.00000210. The van der Waals surface area contributed by atoms with Gasteiger partial charge in [0.1, 0.15) is 15.6 Å². The maximum Gasteiger partial charge on any atom is 0.270 e. The molecule has 0 unspecified atom stereocenters. The van der Waals surface area contributed by atoms with Crippen molar-refractivity contribution >= 4 is 23.7 Å². The number of hydrogen-bond acceptors (Lipinski definition) is 7. The molecule has 4 rings (SSSR count). The predicted octanol–water partition coefficient (Wildman–Crippen LogP) is 4.72. The maximum atomic E-state index is 6.44. The first kappa shape index (κ1) is 19.8. The Kier molecular flexibility index (Phi) is 5.83. The first-order chi connectivity index (χ1) is 12.6. The Labute approximate surface area is 168 Å². The largest absolute Gasteiger partial charge is 0.494 e. The summed E-state index contributed by atoms with van der Waals surface area (Å²) in [5, 5.41) is 5.07. The summed E-state index contributed by atoms with van der Waals surface area (Å²) in [6.45, 7) is 4.59. The number of nitrogens with two attached hydrogens (primary N) is 1. The molecule has 0 spiro atoms. The number of hydrogen-bond donors (Lipinski definition) is 1. The molecule has 2 heterocycles. The third-order valence-corrected chi connectivity index (χ3v) is 5.96. The summed E-state index contributed by atoms with van der Waals surface area (Å²) in [5.74, 6) is 1.97. The molecule has 8 heteroatoms. The number of halogens is 1. The average molecular weight is 407 g/mol. The third-order valence-electron chi connectivity index (χ3n) is 4.77. The van der Waals surface area contributed by atoms with Crippen LogP contribution in [0.25, 0.3) is 21.3 Å². The second-order valence-electron chi connectivity index (χ2n) is 6.68. The normalized spacial score (nSPS) is 15.5. The second-order valence-corrected chi connectivity index (χ2v) is 7.68. The fourth-order valence-corrected chi connectivity index (χ4v) is 4.32. The van der Waals surface area contributed by atoms with Gasteiger partial charge in [-0.3, -0.25) is 0 Å². The molecule has 2 N–H and O–H groups in total. The minimum atomic E-state index is -0.446. The molecular formula is C19H23ClN4O2S. The number of rotatable bonds is 5. The van der Waals surface area contributed by atoms with E-state index < -0.39 is 5.54 Å². The van der Waals surface area contributed by atoms with Gasteiger partial charge in [-0.15, -0.1) is 23.7 Å². The summed E-state index contributed by atoms with van der Waals surface area (Å²) in [4.78, 5) is 10.2. The van der Waals surface area contributed by atoms with Gasteiger partial charge >= 0.3 is 0 Å². The van der Waals surface area contributed by atoms with E-state index in [0.29, 0.717) is 18.3 Å². The van der Waals surface area contributed by atoms with Gasteiger partial charge in [-0.2, -0.15) is 4.98 Å². The van der Waals surface area contributed by atoms with Crippen molar-refractivity contribution in [2.45, 2.75) is 45.1 Å². The van der Waals surface area contributed by atoms with Crippen LogP contribution in [0.1, 0.15) is 44.1 Å². The highest BCUT2D eigenvalue weighted by Crippen LogP contribution is 2.38. The van der Waals surface area contributed by atoms with Gasteiger partial charge in [-0.25, -0.2) is 4.98 Å². The molecule has 6 nitrogen and oxygen atoms in total. The average Bonchev–Trinajstić information content (AvgIpc) is 3.36. The van der Waals surface area contributed by atoms with Crippen LogP contribution in [0.5, 0.6) is 5.75 Å². The molecule has 1 fully saturated rings. The lowest BCUT2D eigenvalue weighted by molar-refractivity contribution is 0.340. The van der Waals surface area contributed by atoms with Gasteiger partial charge < -0.3 is 15.0 Å². The molecule has 1 aliphatic rings. The second kappa shape index (κ2) is 7.96. The smallest absolute Gasteiger partial charge is 0.270 e. The van der Waals surface area contributed by atoms with E-state index in [1.165, 1.54) is 0 Å². The third kappa shape index (κ3) is 3.85. The molecule has 1 aliphatic carbocycles. The van der Waals surface area contributed by atoms with Crippen LogP contribution in [0, 0.1) is 6.92 Å². The molecule has 0 atom stereocenters.